The van der Waals surface area contributed by atoms with E-state index in [1.54, 1.807) is 24.6 Å². The maximum Gasteiger partial charge on any atom is 0.226 e. The molecule has 0 saturated heterocycles. The molecule has 1 amide bonds. The maximum absolute atomic E-state index is 11.7. The summed E-state index contributed by atoms with van der Waals surface area (Å²) < 4.78 is 11.3. The minimum atomic E-state index is -0.0607. The van der Waals surface area contributed by atoms with Crippen LogP contribution in [-0.4, -0.2) is 37.8 Å². The van der Waals surface area contributed by atoms with E-state index in [0.29, 0.717) is 26.2 Å². The van der Waals surface area contributed by atoms with E-state index in [0.717, 1.165) is 22.3 Å². The number of ether oxygens (including phenoxy) is 2. The van der Waals surface area contributed by atoms with Crippen LogP contribution in [0.3, 0.4) is 0 Å². The highest BCUT2D eigenvalue weighted by atomic mass is 32.1. The predicted molar refractivity (Wildman–Crippen MR) is 80.2 cm³/mol. The van der Waals surface area contributed by atoms with E-state index in [1.165, 1.54) is 0 Å². The van der Waals surface area contributed by atoms with Crippen LogP contribution in [0.4, 0.5) is 5.69 Å². The number of methoxy groups -OCH3 is 1. The molecule has 5 nitrogen and oxygen atoms in total. The van der Waals surface area contributed by atoms with Crippen molar-refractivity contribution in [3.63, 3.8) is 0 Å². The van der Waals surface area contributed by atoms with Crippen LogP contribution in [0.1, 0.15) is 12.8 Å². The summed E-state index contributed by atoms with van der Waals surface area (Å²) in [5.41, 5.74) is 1.68. The lowest BCUT2D eigenvalue weighted by atomic mass is 10.3. The second kappa shape index (κ2) is 7.94. The number of pyridine rings is 1. The zero-order valence-corrected chi connectivity index (χ0v) is 12.2. The average molecular weight is 294 g/mol. The van der Waals surface area contributed by atoms with Gasteiger partial charge in [0.25, 0.3) is 0 Å². The first kappa shape index (κ1) is 14.9. The Hall–Kier alpha value is -1.50. The van der Waals surface area contributed by atoms with Gasteiger partial charge in [-0.3, -0.25) is 9.78 Å². The van der Waals surface area contributed by atoms with Crippen molar-refractivity contribution < 1.29 is 14.3 Å². The Morgan fingerprint density at radius 3 is 3.15 bits per heavy atom. The summed E-state index contributed by atoms with van der Waals surface area (Å²) in [5.74, 6) is -0.0607. The topological polar surface area (TPSA) is 60.5 Å². The van der Waals surface area contributed by atoms with E-state index >= 15 is 0 Å². The molecule has 1 N–H and O–H groups in total. The molecule has 0 aliphatic carbocycles. The van der Waals surface area contributed by atoms with Crippen molar-refractivity contribution in [2.45, 2.75) is 12.8 Å². The van der Waals surface area contributed by atoms with Crippen molar-refractivity contribution in [3.8, 4) is 0 Å². The van der Waals surface area contributed by atoms with E-state index in [9.17, 15) is 4.79 Å². The van der Waals surface area contributed by atoms with Gasteiger partial charge in [-0.1, -0.05) is 0 Å². The molecule has 0 bridgehead atoms. The number of hydrogen-bond acceptors (Lipinski definition) is 5. The molecule has 0 aliphatic rings. The number of nitrogens with one attached hydrogen (secondary N) is 1. The van der Waals surface area contributed by atoms with Crippen LogP contribution in [0.15, 0.2) is 23.7 Å². The van der Waals surface area contributed by atoms with Crippen molar-refractivity contribution in [2.75, 3.05) is 32.2 Å². The number of amides is 1. The van der Waals surface area contributed by atoms with Gasteiger partial charge in [0.05, 0.1) is 35.1 Å². The van der Waals surface area contributed by atoms with Crippen LogP contribution >= 0.6 is 11.3 Å². The Balaban J connectivity index is 1.71. The first-order chi connectivity index (χ1) is 9.79. The Kier molecular flexibility index (Phi) is 5.91. The van der Waals surface area contributed by atoms with E-state index in [1.807, 2.05) is 17.5 Å². The summed E-state index contributed by atoms with van der Waals surface area (Å²) in [6, 6.07) is 3.89. The molecule has 108 valence electrons. The largest absolute Gasteiger partial charge is 0.385 e. The monoisotopic (exact) mass is 294 g/mol. The summed E-state index contributed by atoms with van der Waals surface area (Å²) in [4.78, 5) is 16.0. The third kappa shape index (κ3) is 4.56. The van der Waals surface area contributed by atoms with Gasteiger partial charge < -0.3 is 14.8 Å². The summed E-state index contributed by atoms with van der Waals surface area (Å²) in [5, 5.41) is 4.81. The lowest BCUT2D eigenvalue weighted by molar-refractivity contribution is -0.117. The fraction of sp³-hybridized carbons (Fsp3) is 0.429. The van der Waals surface area contributed by atoms with E-state index in [2.05, 4.69) is 10.3 Å². The number of hydrogen-bond donors (Lipinski definition) is 1. The van der Waals surface area contributed by atoms with Crippen molar-refractivity contribution in [1.82, 2.24) is 4.98 Å². The van der Waals surface area contributed by atoms with Gasteiger partial charge in [-0.25, -0.2) is 0 Å². The number of aromatic nitrogens is 1. The predicted octanol–water partition coefficient (Wildman–Crippen LogP) is 2.68. The molecule has 0 unspecified atom stereocenters. The van der Waals surface area contributed by atoms with Crippen molar-refractivity contribution in [1.29, 1.82) is 0 Å². The molecule has 2 aromatic heterocycles. The molecule has 0 spiro atoms. The lowest BCUT2D eigenvalue weighted by Gasteiger charge is -2.06. The quantitative estimate of drug-likeness (QED) is 0.760. The molecule has 0 aliphatic heterocycles. The van der Waals surface area contributed by atoms with Gasteiger partial charge in [0.15, 0.2) is 0 Å². The van der Waals surface area contributed by atoms with Crippen LogP contribution < -0.4 is 5.32 Å². The van der Waals surface area contributed by atoms with Crippen LogP contribution in [0.2, 0.25) is 0 Å². The summed E-state index contributed by atoms with van der Waals surface area (Å²) in [6.45, 7) is 1.72. The smallest absolute Gasteiger partial charge is 0.226 e. The molecular weight excluding hydrogens is 276 g/mol. The second-order valence-electron chi connectivity index (χ2n) is 4.28. The second-order valence-corrected chi connectivity index (χ2v) is 5.23. The molecule has 2 rings (SSSR count). The zero-order valence-electron chi connectivity index (χ0n) is 11.4. The molecule has 2 aromatic rings. The molecular formula is C14H18N2O3S. The lowest BCUT2D eigenvalue weighted by Crippen LogP contribution is -2.14. The van der Waals surface area contributed by atoms with Gasteiger partial charge in [0, 0.05) is 20.3 Å². The van der Waals surface area contributed by atoms with Gasteiger partial charge in [-0.05, 0) is 23.9 Å². The number of anilines is 1. The highest BCUT2D eigenvalue weighted by molar-refractivity contribution is 7.17. The SMILES string of the molecule is COCCCOCCC(=O)Nc1cnc2ccsc2c1. The summed E-state index contributed by atoms with van der Waals surface area (Å²) >= 11 is 1.61. The molecule has 0 atom stereocenters. The van der Waals surface area contributed by atoms with Crippen LogP contribution in [0.5, 0.6) is 0 Å². The molecule has 0 aromatic carbocycles. The fourth-order valence-electron chi connectivity index (χ4n) is 1.71. The van der Waals surface area contributed by atoms with Crippen molar-refractivity contribution in [2.24, 2.45) is 0 Å². The Morgan fingerprint density at radius 2 is 2.30 bits per heavy atom. The van der Waals surface area contributed by atoms with Gasteiger partial charge in [-0.2, -0.15) is 0 Å². The highest BCUT2D eigenvalue weighted by Gasteiger charge is 2.04. The Morgan fingerprint density at radius 1 is 1.40 bits per heavy atom. The molecule has 0 saturated carbocycles. The van der Waals surface area contributed by atoms with Gasteiger partial charge >= 0.3 is 0 Å². The minimum Gasteiger partial charge on any atom is -0.385 e. The summed E-state index contributed by atoms with van der Waals surface area (Å²) in [6.07, 6.45) is 2.86. The van der Waals surface area contributed by atoms with Gasteiger partial charge in [0.2, 0.25) is 5.91 Å². The van der Waals surface area contributed by atoms with Gasteiger partial charge in [-0.15, -0.1) is 11.3 Å². The van der Waals surface area contributed by atoms with Crippen LogP contribution in [0, 0.1) is 0 Å². The van der Waals surface area contributed by atoms with Crippen molar-refractivity contribution >= 4 is 33.1 Å². The number of carbonyl (C=O) groups is 1. The molecule has 6 heteroatoms. The summed E-state index contributed by atoms with van der Waals surface area (Å²) in [7, 11) is 1.66. The average Bonchev–Trinajstić information content (AvgIpc) is 2.90. The maximum atomic E-state index is 11.7. The number of carbonyl (C=O) groups excluding carboxylic acids is 1. The fourth-order valence-corrected chi connectivity index (χ4v) is 2.49. The number of fused-ring (bicyclic) bond motifs is 1. The third-order valence-electron chi connectivity index (χ3n) is 2.70. The number of thiophene rings is 1. The molecule has 20 heavy (non-hydrogen) atoms. The van der Waals surface area contributed by atoms with Gasteiger partial charge in [0.1, 0.15) is 0 Å². The Labute approximate surface area is 121 Å². The minimum absolute atomic E-state index is 0.0607. The van der Waals surface area contributed by atoms with Crippen LogP contribution in [0.25, 0.3) is 10.2 Å². The first-order valence-corrected chi connectivity index (χ1v) is 7.37. The standard InChI is InChI=1S/C14H18N2O3S/c1-18-5-2-6-19-7-3-14(17)16-11-9-13-12(15-10-11)4-8-20-13/h4,8-10H,2-3,5-7H2,1H3,(H,16,17). The van der Waals surface area contributed by atoms with E-state index < -0.39 is 0 Å². The van der Waals surface area contributed by atoms with Crippen molar-refractivity contribution in [3.05, 3.63) is 23.7 Å². The normalized spacial score (nSPS) is 10.8. The molecule has 2 heterocycles. The first-order valence-electron chi connectivity index (χ1n) is 6.49. The third-order valence-corrected chi connectivity index (χ3v) is 3.55. The molecule has 0 fully saturated rings. The number of rotatable bonds is 8. The Bertz CT molecular complexity index is 556. The molecule has 0 radical (unpaired) electrons. The number of nitrogens with zero attached hydrogens (tertiary/aromatic N) is 1. The van der Waals surface area contributed by atoms with E-state index in [4.69, 9.17) is 9.47 Å². The highest BCUT2D eigenvalue weighted by Crippen LogP contribution is 2.21. The van der Waals surface area contributed by atoms with Crippen LogP contribution in [-0.2, 0) is 14.3 Å². The van der Waals surface area contributed by atoms with E-state index in [-0.39, 0.29) is 5.91 Å². The zero-order chi connectivity index (χ0) is 14.2.